The van der Waals surface area contributed by atoms with Gasteiger partial charge >= 0.3 is 11.9 Å². The lowest BCUT2D eigenvalue weighted by Crippen LogP contribution is -2.39. The number of nitrogens with zero attached hydrogens (tertiary/aromatic N) is 2. The van der Waals surface area contributed by atoms with Gasteiger partial charge in [0.15, 0.2) is 4.80 Å². The van der Waals surface area contributed by atoms with E-state index in [1.807, 2.05) is 0 Å². The number of furan rings is 1. The van der Waals surface area contributed by atoms with E-state index in [0.717, 1.165) is 11.3 Å². The van der Waals surface area contributed by atoms with E-state index >= 15 is 0 Å². The zero-order chi connectivity index (χ0) is 27.8. The first kappa shape index (κ1) is 26.7. The Morgan fingerprint density at radius 1 is 1.15 bits per heavy atom. The number of allylic oxidation sites excluding steroid dienone is 1. The van der Waals surface area contributed by atoms with Gasteiger partial charge in [-0.2, -0.15) is 0 Å². The molecule has 39 heavy (non-hydrogen) atoms. The molecule has 2 aromatic heterocycles. The molecule has 8 nitrogen and oxygen atoms in total. The topological polar surface area (TPSA) is 111 Å². The van der Waals surface area contributed by atoms with Crippen LogP contribution in [-0.2, 0) is 9.53 Å². The predicted molar refractivity (Wildman–Crippen MR) is 148 cm³/mol. The summed E-state index contributed by atoms with van der Waals surface area (Å²) in [5, 5.41) is 10.2. The third-order valence-electron chi connectivity index (χ3n) is 6.08. The molecule has 11 heteroatoms. The van der Waals surface area contributed by atoms with Crippen molar-refractivity contribution in [2.75, 3.05) is 6.61 Å². The Labute approximate surface area is 235 Å². The SMILES string of the molecule is CCOC(=O)C1=C(C)N=c2s/c(=C\c3ccc(-c4cc(C(=O)O)ccc4Cl)o3)c(=O)n2[C@H]1c1ccc(Cl)cc1. The van der Waals surface area contributed by atoms with Crippen molar-refractivity contribution < 1.29 is 23.8 Å². The summed E-state index contributed by atoms with van der Waals surface area (Å²) in [6.45, 7) is 3.59. The highest BCUT2D eigenvalue weighted by atomic mass is 35.5. The molecule has 0 fully saturated rings. The molecular weight excluding hydrogens is 563 g/mol. The van der Waals surface area contributed by atoms with Crippen LogP contribution >= 0.6 is 34.5 Å². The van der Waals surface area contributed by atoms with Crippen LogP contribution in [0.5, 0.6) is 0 Å². The number of carboxylic acids is 1. The van der Waals surface area contributed by atoms with Gasteiger partial charge in [0, 0.05) is 16.7 Å². The van der Waals surface area contributed by atoms with Crippen molar-refractivity contribution in [3.8, 4) is 11.3 Å². The molecule has 5 rings (SSSR count). The monoisotopic (exact) mass is 582 g/mol. The maximum absolute atomic E-state index is 13.7. The number of carbonyl (C=O) groups excluding carboxylic acids is 1. The number of rotatable bonds is 6. The van der Waals surface area contributed by atoms with E-state index in [2.05, 4.69) is 4.99 Å². The van der Waals surface area contributed by atoms with E-state index in [0.29, 0.717) is 47.7 Å². The highest BCUT2D eigenvalue weighted by Crippen LogP contribution is 2.32. The largest absolute Gasteiger partial charge is 0.478 e. The molecule has 0 bridgehead atoms. The van der Waals surface area contributed by atoms with E-state index in [-0.39, 0.29) is 23.3 Å². The van der Waals surface area contributed by atoms with Crippen molar-refractivity contribution >= 4 is 52.6 Å². The van der Waals surface area contributed by atoms with Crippen LogP contribution in [0.4, 0.5) is 0 Å². The Hall–Kier alpha value is -3.92. The minimum atomic E-state index is -1.09. The zero-order valence-electron chi connectivity index (χ0n) is 20.6. The average Bonchev–Trinajstić information content (AvgIpc) is 3.48. The fourth-order valence-corrected chi connectivity index (χ4v) is 5.67. The summed E-state index contributed by atoms with van der Waals surface area (Å²) < 4.78 is 13.0. The molecule has 3 heterocycles. The summed E-state index contributed by atoms with van der Waals surface area (Å²) in [7, 11) is 0. The van der Waals surface area contributed by atoms with Crippen LogP contribution in [0.15, 0.2) is 80.1 Å². The molecule has 0 spiro atoms. The van der Waals surface area contributed by atoms with E-state index in [1.54, 1.807) is 56.3 Å². The lowest BCUT2D eigenvalue weighted by molar-refractivity contribution is -0.139. The van der Waals surface area contributed by atoms with Gasteiger partial charge in [-0.15, -0.1) is 0 Å². The van der Waals surface area contributed by atoms with Crippen molar-refractivity contribution in [2.45, 2.75) is 19.9 Å². The Kier molecular flexibility index (Phi) is 7.31. The number of esters is 1. The van der Waals surface area contributed by atoms with Gasteiger partial charge in [0.1, 0.15) is 11.5 Å². The normalized spacial score (nSPS) is 15.2. The summed E-state index contributed by atoms with van der Waals surface area (Å²) in [6, 6.07) is 13.8. The quantitative estimate of drug-likeness (QED) is 0.318. The molecule has 198 valence electrons. The number of hydrogen-bond acceptors (Lipinski definition) is 7. The first-order valence-corrected chi connectivity index (χ1v) is 13.3. The fourth-order valence-electron chi connectivity index (χ4n) is 4.30. The third kappa shape index (κ3) is 5.08. The maximum Gasteiger partial charge on any atom is 0.338 e. The number of hydrogen-bond donors (Lipinski definition) is 1. The van der Waals surface area contributed by atoms with Crippen molar-refractivity contribution in [3.63, 3.8) is 0 Å². The van der Waals surface area contributed by atoms with E-state index in [1.165, 1.54) is 22.8 Å². The van der Waals surface area contributed by atoms with Crippen molar-refractivity contribution in [3.05, 3.63) is 112 Å². The minimum Gasteiger partial charge on any atom is -0.478 e. The summed E-state index contributed by atoms with van der Waals surface area (Å²) in [5.41, 5.74) is 1.51. The van der Waals surface area contributed by atoms with E-state index in [9.17, 15) is 19.5 Å². The Balaban J connectivity index is 1.62. The number of ether oxygens (including phenoxy) is 1. The number of fused-ring (bicyclic) bond motifs is 1. The van der Waals surface area contributed by atoms with Gasteiger partial charge in [-0.3, -0.25) is 9.36 Å². The van der Waals surface area contributed by atoms with Gasteiger partial charge in [0.05, 0.1) is 39.0 Å². The molecule has 0 unspecified atom stereocenters. The van der Waals surface area contributed by atoms with Gasteiger partial charge in [0.25, 0.3) is 5.56 Å². The van der Waals surface area contributed by atoms with Gasteiger partial charge < -0.3 is 14.3 Å². The third-order valence-corrected chi connectivity index (χ3v) is 7.65. The lowest BCUT2D eigenvalue weighted by atomic mass is 9.96. The molecule has 2 aromatic carbocycles. The number of halogens is 2. The number of benzene rings is 2. The van der Waals surface area contributed by atoms with Crippen LogP contribution in [0.25, 0.3) is 17.4 Å². The molecule has 1 N–H and O–H groups in total. The van der Waals surface area contributed by atoms with E-state index < -0.39 is 18.0 Å². The van der Waals surface area contributed by atoms with E-state index in [4.69, 9.17) is 32.4 Å². The number of aromatic nitrogens is 1. The van der Waals surface area contributed by atoms with Gasteiger partial charge in [-0.05, 0) is 61.9 Å². The average molecular weight is 583 g/mol. The molecule has 0 radical (unpaired) electrons. The Morgan fingerprint density at radius 2 is 1.90 bits per heavy atom. The Bertz CT molecular complexity index is 1830. The van der Waals surface area contributed by atoms with Crippen LogP contribution in [0.3, 0.4) is 0 Å². The lowest BCUT2D eigenvalue weighted by Gasteiger charge is -2.24. The van der Waals surface area contributed by atoms with Gasteiger partial charge in [-0.1, -0.05) is 46.7 Å². The molecule has 1 atom stereocenters. The maximum atomic E-state index is 13.7. The highest BCUT2D eigenvalue weighted by Gasteiger charge is 2.33. The standard InChI is InChI=1S/C28H20Cl2N2O6S/c1-3-37-27(36)23-14(2)31-28-32(24(23)15-4-7-17(29)8-5-15)25(33)22(39-28)13-18-9-11-21(38-18)19-12-16(26(34)35)6-10-20(19)30/h4-13,24H,3H2,1-2H3,(H,34,35)/b22-13-/t24-/m0/s1. The second kappa shape index (κ2) is 10.7. The summed E-state index contributed by atoms with van der Waals surface area (Å²) in [5.74, 6) is -0.935. The second-order valence-corrected chi connectivity index (χ2v) is 10.4. The van der Waals surface area contributed by atoms with Crippen LogP contribution in [0.1, 0.15) is 41.6 Å². The number of carboxylic acid groups (broad SMARTS) is 1. The first-order valence-electron chi connectivity index (χ1n) is 11.8. The molecule has 0 amide bonds. The molecular formula is C28H20Cl2N2O6S. The van der Waals surface area contributed by atoms with Crippen LogP contribution in [0, 0.1) is 0 Å². The zero-order valence-corrected chi connectivity index (χ0v) is 22.9. The summed E-state index contributed by atoms with van der Waals surface area (Å²) in [4.78, 5) is 43.0. The van der Waals surface area contributed by atoms with Crippen molar-refractivity contribution in [1.82, 2.24) is 4.57 Å². The fraction of sp³-hybridized carbons (Fsp3) is 0.143. The molecule has 1 aliphatic heterocycles. The van der Waals surface area contributed by atoms with Crippen molar-refractivity contribution in [1.29, 1.82) is 0 Å². The molecule has 0 saturated carbocycles. The van der Waals surface area contributed by atoms with Gasteiger partial charge in [0.2, 0.25) is 0 Å². The Morgan fingerprint density at radius 3 is 2.59 bits per heavy atom. The molecule has 0 aliphatic carbocycles. The molecule has 4 aromatic rings. The number of thiazole rings is 1. The summed E-state index contributed by atoms with van der Waals surface area (Å²) in [6.07, 6.45) is 1.57. The van der Waals surface area contributed by atoms with Crippen LogP contribution in [0.2, 0.25) is 10.0 Å². The minimum absolute atomic E-state index is 0.0654. The van der Waals surface area contributed by atoms with Crippen LogP contribution in [-0.4, -0.2) is 28.2 Å². The predicted octanol–water partition coefficient (Wildman–Crippen LogP) is 5.06. The smallest absolute Gasteiger partial charge is 0.338 e. The first-order chi connectivity index (χ1) is 18.7. The number of aromatic carboxylic acids is 1. The highest BCUT2D eigenvalue weighted by molar-refractivity contribution is 7.07. The number of carbonyl (C=O) groups is 2. The van der Waals surface area contributed by atoms with Crippen molar-refractivity contribution in [2.24, 2.45) is 4.99 Å². The van der Waals surface area contributed by atoms with Crippen LogP contribution < -0.4 is 14.9 Å². The molecule has 1 aliphatic rings. The van der Waals surface area contributed by atoms with Gasteiger partial charge in [-0.25, -0.2) is 14.6 Å². The second-order valence-electron chi connectivity index (χ2n) is 8.56. The molecule has 0 saturated heterocycles. The summed E-state index contributed by atoms with van der Waals surface area (Å²) >= 11 is 13.5.